The monoisotopic (exact) mass is 237 g/mol. The molecule has 1 aliphatic heterocycles. The number of benzene rings is 2. The van der Waals surface area contributed by atoms with Crippen molar-refractivity contribution in [1.82, 2.24) is 0 Å². The Labute approximate surface area is 109 Å². The second kappa shape index (κ2) is 4.49. The van der Waals surface area contributed by atoms with Crippen molar-refractivity contribution in [2.75, 3.05) is 11.4 Å². The molecule has 0 saturated heterocycles. The van der Waals surface area contributed by atoms with Gasteiger partial charge in [-0.05, 0) is 43.0 Å². The van der Waals surface area contributed by atoms with Crippen LogP contribution in [-0.4, -0.2) is 12.6 Å². The quantitative estimate of drug-likeness (QED) is 0.759. The smallest absolute Gasteiger partial charge is 0.0408 e. The third-order valence-corrected chi connectivity index (χ3v) is 3.75. The van der Waals surface area contributed by atoms with Gasteiger partial charge in [0.05, 0.1) is 0 Å². The highest BCUT2D eigenvalue weighted by molar-refractivity contribution is 5.72. The van der Waals surface area contributed by atoms with Gasteiger partial charge in [-0.15, -0.1) is 0 Å². The van der Waals surface area contributed by atoms with Crippen LogP contribution in [0, 0.1) is 0 Å². The normalized spacial score (nSPS) is 14.1. The number of nitrogens with zero attached hydrogens (tertiary/aromatic N) is 1. The van der Waals surface area contributed by atoms with Gasteiger partial charge >= 0.3 is 0 Å². The molecule has 0 aliphatic carbocycles. The van der Waals surface area contributed by atoms with Crippen LogP contribution in [0.1, 0.15) is 19.4 Å². The van der Waals surface area contributed by atoms with Gasteiger partial charge in [-0.3, -0.25) is 0 Å². The Balaban J connectivity index is 2.03. The second-order valence-corrected chi connectivity index (χ2v) is 5.25. The zero-order valence-electron chi connectivity index (χ0n) is 11.1. The predicted molar refractivity (Wildman–Crippen MR) is 78.1 cm³/mol. The molecular formula is C17H19N. The SMILES string of the molecule is CC(C)N1CCc2ccc(-c3ccccc3)cc21. The van der Waals surface area contributed by atoms with Gasteiger partial charge in [0.2, 0.25) is 0 Å². The lowest BCUT2D eigenvalue weighted by molar-refractivity contribution is 0.710. The van der Waals surface area contributed by atoms with Gasteiger partial charge in [0.1, 0.15) is 0 Å². The Hall–Kier alpha value is -1.76. The van der Waals surface area contributed by atoms with Crippen molar-refractivity contribution in [3.05, 3.63) is 54.1 Å². The van der Waals surface area contributed by atoms with Gasteiger partial charge in [-0.25, -0.2) is 0 Å². The number of rotatable bonds is 2. The lowest BCUT2D eigenvalue weighted by atomic mass is 10.0. The summed E-state index contributed by atoms with van der Waals surface area (Å²) in [5.74, 6) is 0. The first kappa shape index (κ1) is 11.3. The van der Waals surface area contributed by atoms with Crippen LogP contribution in [0.25, 0.3) is 11.1 Å². The van der Waals surface area contributed by atoms with E-state index in [9.17, 15) is 0 Å². The highest BCUT2D eigenvalue weighted by atomic mass is 15.2. The van der Waals surface area contributed by atoms with Gasteiger partial charge in [0.25, 0.3) is 0 Å². The van der Waals surface area contributed by atoms with Crippen LogP contribution in [0.5, 0.6) is 0 Å². The topological polar surface area (TPSA) is 3.24 Å². The summed E-state index contributed by atoms with van der Waals surface area (Å²) in [5, 5.41) is 0. The molecule has 92 valence electrons. The van der Waals surface area contributed by atoms with Crippen LogP contribution < -0.4 is 4.90 Å². The van der Waals surface area contributed by atoms with Crippen LogP contribution in [0.4, 0.5) is 5.69 Å². The second-order valence-electron chi connectivity index (χ2n) is 5.25. The number of hydrogen-bond donors (Lipinski definition) is 0. The standard InChI is InChI=1S/C17H19N/c1-13(2)18-11-10-15-8-9-16(12-17(15)18)14-6-4-3-5-7-14/h3-9,12-13H,10-11H2,1-2H3. The lowest BCUT2D eigenvalue weighted by Crippen LogP contribution is -2.28. The average molecular weight is 237 g/mol. The molecule has 0 saturated carbocycles. The van der Waals surface area contributed by atoms with Crippen LogP contribution in [-0.2, 0) is 6.42 Å². The summed E-state index contributed by atoms with van der Waals surface area (Å²) in [7, 11) is 0. The molecule has 0 fully saturated rings. The predicted octanol–water partition coefficient (Wildman–Crippen LogP) is 4.12. The Morgan fingerprint density at radius 2 is 1.72 bits per heavy atom. The minimum absolute atomic E-state index is 0.581. The van der Waals surface area contributed by atoms with Gasteiger partial charge in [0.15, 0.2) is 0 Å². The van der Waals surface area contributed by atoms with Gasteiger partial charge in [-0.1, -0.05) is 42.5 Å². The molecule has 3 rings (SSSR count). The fraction of sp³-hybridized carbons (Fsp3) is 0.294. The van der Waals surface area contributed by atoms with Gasteiger partial charge in [0, 0.05) is 18.3 Å². The molecule has 1 heteroatoms. The largest absolute Gasteiger partial charge is 0.369 e. The van der Waals surface area contributed by atoms with E-state index < -0.39 is 0 Å². The van der Waals surface area contributed by atoms with Crippen LogP contribution in [0.2, 0.25) is 0 Å². The molecule has 1 aliphatic rings. The Bertz CT molecular complexity index is 543. The van der Waals surface area contributed by atoms with E-state index in [0.29, 0.717) is 6.04 Å². The van der Waals surface area contributed by atoms with E-state index in [1.165, 1.54) is 28.8 Å². The maximum Gasteiger partial charge on any atom is 0.0408 e. The van der Waals surface area contributed by atoms with E-state index >= 15 is 0 Å². The zero-order valence-corrected chi connectivity index (χ0v) is 11.1. The van der Waals surface area contributed by atoms with Crippen molar-refractivity contribution < 1.29 is 0 Å². The molecule has 1 heterocycles. The van der Waals surface area contributed by atoms with E-state index in [1.54, 1.807) is 0 Å². The summed E-state index contributed by atoms with van der Waals surface area (Å²) in [4.78, 5) is 2.50. The molecule has 0 N–H and O–H groups in total. The van der Waals surface area contributed by atoms with Crippen LogP contribution >= 0.6 is 0 Å². The van der Waals surface area contributed by atoms with Gasteiger partial charge < -0.3 is 4.90 Å². The first-order chi connectivity index (χ1) is 8.75. The van der Waals surface area contributed by atoms with E-state index in [1.807, 2.05) is 0 Å². The summed E-state index contributed by atoms with van der Waals surface area (Å²) in [5.41, 5.74) is 5.53. The van der Waals surface area contributed by atoms with Crippen molar-refractivity contribution in [3.63, 3.8) is 0 Å². The lowest BCUT2D eigenvalue weighted by Gasteiger charge is -2.24. The molecular weight excluding hydrogens is 218 g/mol. The molecule has 2 aromatic carbocycles. The van der Waals surface area contributed by atoms with Gasteiger partial charge in [-0.2, -0.15) is 0 Å². The van der Waals surface area contributed by atoms with Crippen LogP contribution in [0.15, 0.2) is 48.5 Å². The Morgan fingerprint density at radius 3 is 2.44 bits per heavy atom. The van der Waals surface area contributed by atoms with Crippen molar-refractivity contribution >= 4 is 5.69 Å². The molecule has 1 nitrogen and oxygen atoms in total. The fourth-order valence-corrected chi connectivity index (χ4v) is 2.75. The fourth-order valence-electron chi connectivity index (χ4n) is 2.75. The molecule has 0 bridgehead atoms. The Morgan fingerprint density at radius 1 is 0.944 bits per heavy atom. The first-order valence-corrected chi connectivity index (χ1v) is 6.71. The maximum absolute atomic E-state index is 2.50. The number of hydrogen-bond acceptors (Lipinski definition) is 1. The molecule has 0 spiro atoms. The highest BCUT2D eigenvalue weighted by Gasteiger charge is 2.21. The van der Waals surface area contributed by atoms with Crippen molar-refractivity contribution in [3.8, 4) is 11.1 Å². The third kappa shape index (κ3) is 1.90. The molecule has 0 amide bonds. The maximum atomic E-state index is 2.50. The summed E-state index contributed by atoms with van der Waals surface area (Å²) < 4.78 is 0. The Kier molecular flexibility index (Phi) is 2.83. The minimum Gasteiger partial charge on any atom is -0.369 e. The molecule has 18 heavy (non-hydrogen) atoms. The first-order valence-electron chi connectivity index (χ1n) is 6.71. The van der Waals surface area contributed by atoms with Crippen molar-refractivity contribution in [2.45, 2.75) is 26.3 Å². The number of anilines is 1. The zero-order chi connectivity index (χ0) is 12.5. The van der Waals surface area contributed by atoms with E-state index in [-0.39, 0.29) is 0 Å². The minimum atomic E-state index is 0.581. The van der Waals surface area contributed by atoms with E-state index in [4.69, 9.17) is 0 Å². The van der Waals surface area contributed by atoms with Crippen molar-refractivity contribution in [2.24, 2.45) is 0 Å². The molecule has 0 unspecified atom stereocenters. The summed E-state index contributed by atoms with van der Waals surface area (Å²) in [6.45, 7) is 5.69. The summed E-state index contributed by atoms with van der Waals surface area (Å²) in [6.07, 6.45) is 1.18. The van der Waals surface area contributed by atoms with Crippen molar-refractivity contribution in [1.29, 1.82) is 0 Å². The third-order valence-electron chi connectivity index (χ3n) is 3.75. The molecule has 2 aromatic rings. The molecule has 0 atom stereocenters. The van der Waals surface area contributed by atoms with Crippen LogP contribution in [0.3, 0.4) is 0 Å². The number of fused-ring (bicyclic) bond motifs is 1. The van der Waals surface area contributed by atoms with E-state index in [2.05, 4.69) is 67.3 Å². The average Bonchev–Trinajstić information content (AvgIpc) is 2.82. The summed E-state index contributed by atoms with van der Waals surface area (Å²) in [6, 6.07) is 18.1. The highest BCUT2D eigenvalue weighted by Crippen LogP contribution is 2.33. The summed E-state index contributed by atoms with van der Waals surface area (Å²) >= 11 is 0. The molecule has 0 aromatic heterocycles. The molecule has 0 radical (unpaired) electrons. The van der Waals surface area contributed by atoms with E-state index in [0.717, 1.165) is 6.54 Å².